The van der Waals surface area contributed by atoms with Crippen LogP contribution in [0.1, 0.15) is 38.6 Å². The molecule has 0 aliphatic heterocycles. The van der Waals surface area contributed by atoms with Gasteiger partial charge in [0.2, 0.25) is 11.7 Å². The van der Waals surface area contributed by atoms with E-state index in [1.54, 1.807) is 6.20 Å². The van der Waals surface area contributed by atoms with Gasteiger partial charge in [0.1, 0.15) is 0 Å². The number of nitrogens with two attached hydrogens (primary N) is 1. The van der Waals surface area contributed by atoms with Crippen molar-refractivity contribution in [2.45, 2.75) is 40.0 Å². The molecule has 0 unspecified atom stereocenters. The summed E-state index contributed by atoms with van der Waals surface area (Å²) in [6.45, 7) is 7.14. The summed E-state index contributed by atoms with van der Waals surface area (Å²) in [7, 11) is 0. The van der Waals surface area contributed by atoms with Crippen LogP contribution in [0, 0.1) is 11.8 Å². The lowest BCUT2D eigenvalue weighted by atomic mass is 9.94. The lowest BCUT2D eigenvalue weighted by Crippen LogP contribution is -2.19. The minimum absolute atomic E-state index is 0.390. The number of aromatic nitrogens is 3. The molecule has 0 spiro atoms. The van der Waals surface area contributed by atoms with Crippen LogP contribution in [0.2, 0.25) is 0 Å². The van der Waals surface area contributed by atoms with E-state index in [-0.39, 0.29) is 0 Å². The number of nitrogens with zero attached hydrogens (tertiary/aromatic N) is 3. The van der Waals surface area contributed by atoms with Crippen LogP contribution in [0.25, 0.3) is 11.4 Å². The van der Waals surface area contributed by atoms with Crippen molar-refractivity contribution in [3.63, 3.8) is 0 Å². The van der Waals surface area contributed by atoms with Crippen molar-refractivity contribution in [2.24, 2.45) is 17.6 Å². The number of aryl methyl sites for hydroxylation is 1. The average molecular weight is 288 g/mol. The maximum Gasteiger partial charge on any atom is 0.227 e. The van der Waals surface area contributed by atoms with Crippen molar-refractivity contribution in [3.05, 3.63) is 29.9 Å². The molecule has 1 atom stereocenters. The van der Waals surface area contributed by atoms with Gasteiger partial charge in [0.15, 0.2) is 0 Å². The maximum atomic E-state index is 5.83. The molecule has 2 aromatic rings. The van der Waals surface area contributed by atoms with Crippen molar-refractivity contribution >= 4 is 0 Å². The van der Waals surface area contributed by atoms with E-state index in [0.717, 1.165) is 30.4 Å². The zero-order chi connectivity index (χ0) is 15.2. The molecule has 5 nitrogen and oxygen atoms in total. The Bertz CT molecular complexity index is 565. The number of pyridine rings is 1. The van der Waals surface area contributed by atoms with Gasteiger partial charge in [-0.05, 0) is 42.9 Å². The van der Waals surface area contributed by atoms with Crippen LogP contribution in [-0.2, 0) is 12.8 Å². The Labute approximate surface area is 126 Å². The van der Waals surface area contributed by atoms with Crippen molar-refractivity contribution in [1.29, 1.82) is 0 Å². The molecule has 0 fully saturated rings. The molecule has 0 saturated heterocycles. The highest BCUT2D eigenvalue weighted by Gasteiger charge is 2.16. The molecular weight excluding hydrogens is 264 g/mol. The summed E-state index contributed by atoms with van der Waals surface area (Å²) in [6.07, 6.45) is 6.32. The Hall–Kier alpha value is -1.75. The summed E-state index contributed by atoms with van der Waals surface area (Å²) in [4.78, 5) is 8.66. The molecule has 0 saturated carbocycles. The third-order valence-corrected chi connectivity index (χ3v) is 3.59. The first-order valence-corrected chi connectivity index (χ1v) is 7.59. The van der Waals surface area contributed by atoms with Gasteiger partial charge in [0.05, 0.1) is 0 Å². The summed E-state index contributed by atoms with van der Waals surface area (Å²) in [5, 5.41) is 4.11. The van der Waals surface area contributed by atoms with Gasteiger partial charge < -0.3 is 10.3 Å². The molecular formula is C16H24N4O. The Kier molecular flexibility index (Phi) is 5.44. The van der Waals surface area contributed by atoms with Crippen molar-refractivity contribution in [3.8, 4) is 11.4 Å². The molecule has 5 heteroatoms. The van der Waals surface area contributed by atoms with Gasteiger partial charge >= 0.3 is 0 Å². The molecule has 0 aliphatic rings. The predicted molar refractivity (Wildman–Crippen MR) is 82.6 cm³/mol. The molecule has 0 radical (unpaired) electrons. The van der Waals surface area contributed by atoms with Crippen LogP contribution in [0.4, 0.5) is 0 Å². The van der Waals surface area contributed by atoms with Crippen LogP contribution < -0.4 is 5.73 Å². The van der Waals surface area contributed by atoms with Crippen LogP contribution in [0.3, 0.4) is 0 Å². The smallest absolute Gasteiger partial charge is 0.227 e. The largest absolute Gasteiger partial charge is 0.339 e. The standard InChI is InChI=1S/C16H24N4O/c1-4-13-10-18-6-5-14(13)16-19-15(21-20-16)8-12(9-17)7-11(2)3/h5-6,10-12H,4,7-9,17H2,1-3H3/t12-/m0/s1. The lowest BCUT2D eigenvalue weighted by Gasteiger charge is -2.14. The molecule has 2 heterocycles. The molecule has 0 amide bonds. The highest BCUT2D eigenvalue weighted by molar-refractivity contribution is 5.58. The number of hydrogen-bond donors (Lipinski definition) is 1. The second kappa shape index (κ2) is 7.31. The zero-order valence-electron chi connectivity index (χ0n) is 13.0. The Morgan fingerprint density at radius 3 is 2.81 bits per heavy atom. The number of rotatable bonds is 7. The minimum Gasteiger partial charge on any atom is -0.339 e. The monoisotopic (exact) mass is 288 g/mol. The molecule has 21 heavy (non-hydrogen) atoms. The summed E-state index contributed by atoms with van der Waals surface area (Å²) in [6, 6.07) is 1.93. The van der Waals surface area contributed by atoms with E-state index >= 15 is 0 Å². The van der Waals surface area contributed by atoms with Crippen LogP contribution in [-0.4, -0.2) is 21.7 Å². The minimum atomic E-state index is 0.390. The molecule has 0 bridgehead atoms. The zero-order valence-corrected chi connectivity index (χ0v) is 13.0. The van der Waals surface area contributed by atoms with Crippen LogP contribution in [0.15, 0.2) is 23.0 Å². The molecule has 0 aliphatic carbocycles. The normalized spacial score (nSPS) is 12.8. The Morgan fingerprint density at radius 1 is 1.33 bits per heavy atom. The Balaban J connectivity index is 2.14. The van der Waals surface area contributed by atoms with Gasteiger partial charge in [0, 0.05) is 24.4 Å². The maximum absolute atomic E-state index is 5.83. The SMILES string of the molecule is CCc1cnccc1-c1noc(C[C@@H](CN)CC(C)C)n1. The van der Waals surface area contributed by atoms with Gasteiger partial charge in [-0.3, -0.25) is 4.98 Å². The fourth-order valence-corrected chi connectivity index (χ4v) is 2.55. The van der Waals surface area contributed by atoms with Gasteiger partial charge in [-0.1, -0.05) is 25.9 Å². The quantitative estimate of drug-likeness (QED) is 0.847. The Morgan fingerprint density at radius 2 is 2.14 bits per heavy atom. The first-order valence-electron chi connectivity index (χ1n) is 7.59. The van der Waals surface area contributed by atoms with Gasteiger partial charge in [-0.25, -0.2) is 0 Å². The van der Waals surface area contributed by atoms with E-state index in [4.69, 9.17) is 10.3 Å². The summed E-state index contributed by atoms with van der Waals surface area (Å²) < 4.78 is 5.40. The predicted octanol–water partition coefficient (Wildman–Crippen LogP) is 2.86. The summed E-state index contributed by atoms with van der Waals surface area (Å²) in [5.74, 6) is 2.32. The molecule has 2 aromatic heterocycles. The summed E-state index contributed by atoms with van der Waals surface area (Å²) >= 11 is 0. The fourth-order valence-electron chi connectivity index (χ4n) is 2.55. The third kappa shape index (κ3) is 4.11. The van der Waals surface area contributed by atoms with Crippen LogP contribution in [0.5, 0.6) is 0 Å². The highest BCUT2D eigenvalue weighted by Crippen LogP contribution is 2.22. The second-order valence-corrected chi connectivity index (χ2v) is 5.83. The summed E-state index contributed by atoms with van der Waals surface area (Å²) in [5.41, 5.74) is 7.96. The van der Waals surface area contributed by atoms with Crippen molar-refractivity contribution in [2.75, 3.05) is 6.54 Å². The first kappa shape index (κ1) is 15.6. The first-order chi connectivity index (χ1) is 10.1. The lowest BCUT2D eigenvalue weighted by molar-refractivity contribution is 0.332. The molecule has 2 rings (SSSR count). The van der Waals surface area contributed by atoms with Gasteiger partial charge in [-0.2, -0.15) is 4.98 Å². The average Bonchev–Trinajstić information content (AvgIpc) is 2.94. The highest BCUT2D eigenvalue weighted by atomic mass is 16.5. The van der Waals surface area contributed by atoms with E-state index in [1.807, 2.05) is 12.3 Å². The van der Waals surface area contributed by atoms with Gasteiger partial charge in [0.25, 0.3) is 0 Å². The molecule has 0 aromatic carbocycles. The topological polar surface area (TPSA) is 77.8 Å². The fraction of sp³-hybridized carbons (Fsp3) is 0.562. The van der Waals surface area contributed by atoms with E-state index < -0.39 is 0 Å². The van der Waals surface area contributed by atoms with E-state index in [9.17, 15) is 0 Å². The van der Waals surface area contributed by atoms with E-state index in [2.05, 4.69) is 35.9 Å². The van der Waals surface area contributed by atoms with Gasteiger partial charge in [-0.15, -0.1) is 0 Å². The van der Waals surface area contributed by atoms with E-state index in [1.165, 1.54) is 0 Å². The number of hydrogen-bond acceptors (Lipinski definition) is 5. The van der Waals surface area contributed by atoms with Crippen LogP contribution >= 0.6 is 0 Å². The van der Waals surface area contributed by atoms with E-state index in [0.29, 0.717) is 30.1 Å². The van der Waals surface area contributed by atoms with Crippen molar-refractivity contribution < 1.29 is 4.52 Å². The van der Waals surface area contributed by atoms with Crippen molar-refractivity contribution in [1.82, 2.24) is 15.1 Å². The third-order valence-electron chi connectivity index (χ3n) is 3.59. The molecule has 2 N–H and O–H groups in total. The molecule has 114 valence electrons. The second-order valence-electron chi connectivity index (χ2n) is 5.83.